The molecule has 166 valence electrons. The third-order valence-electron chi connectivity index (χ3n) is 4.87. The zero-order valence-electron chi connectivity index (χ0n) is 18.2. The predicted octanol–water partition coefficient (Wildman–Crippen LogP) is 4.09. The van der Waals surface area contributed by atoms with Crippen molar-refractivity contribution in [1.29, 1.82) is 5.26 Å². The minimum Gasteiger partial charge on any atom is -0.426 e. The second-order valence-electron chi connectivity index (χ2n) is 7.16. The van der Waals surface area contributed by atoms with Gasteiger partial charge in [0.15, 0.2) is 0 Å². The smallest absolute Gasteiger partial charge is 0.323 e. The Kier molecular flexibility index (Phi) is 8.52. The van der Waals surface area contributed by atoms with Crippen LogP contribution in [0.2, 0.25) is 0 Å². The Balaban J connectivity index is 1.74. The van der Waals surface area contributed by atoms with E-state index in [0.29, 0.717) is 24.5 Å². The van der Waals surface area contributed by atoms with Crippen LogP contribution in [0.3, 0.4) is 0 Å². The number of carbonyl (C=O) groups excluding carboxylic acids is 2. The van der Waals surface area contributed by atoms with E-state index < -0.39 is 17.8 Å². The van der Waals surface area contributed by atoms with Crippen LogP contribution in [0.15, 0.2) is 90.5 Å². The Labute approximate surface area is 193 Å². The molecular weight excluding hydrogens is 416 g/mol. The largest absolute Gasteiger partial charge is 0.426 e. The number of benzene rings is 3. The first-order valence-corrected chi connectivity index (χ1v) is 10.4. The number of esters is 1. The summed E-state index contributed by atoms with van der Waals surface area (Å²) < 4.78 is 10.6. The quantitative estimate of drug-likeness (QED) is 0.178. The maximum atomic E-state index is 13.1. The minimum absolute atomic E-state index is 0.0240. The summed E-state index contributed by atoms with van der Waals surface area (Å²) >= 11 is 0. The van der Waals surface area contributed by atoms with Crippen molar-refractivity contribution in [3.8, 4) is 11.8 Å². The average molecular weight is 440 g/mol. The van der Waals surface area contributed by atoms with Gasteiger partial charge in [-0.25, -0.2) is 0 Å². The normalized spacial score (nSPS) is 11.0. The van der Waals surface area contributed by atoms with Gasteiger partial charge in [0.25, 0.3) is 5.91 Å². The summed E-state index contributed by atoms with van der Waals surface area (Å²) in [7, 11) is 1.53. The second-order valence-corrected chi connectivity index (χ2v) is 7.16. The van der Waals surface area contributed by atoms with E-state index in [-0.39, 0.29) is 5.57 Å². The lowest BCUT2D eigenvalue weighted by molar-refractivity contribution is -0.135. The van der Waals surface area contributed by atoms with Crippen molar-refractivity contribution in [3.05, 3.63) is 107 Å². The zero-order chi connectivity index (χ0) is 23.5. The summed E-state index contributed by atoms with van der Waals surface area (Å²) in [5.74, 6) is -1.06. The van der Waals surface area contributed by atoms with Crippen molar-refractivity contribution in [2.45, 2.75) is 5.92 Å². The summed E-state index contributed by atoms with van der Waals surface area (Å²) in [6.45, 7) is 0.671. The molecule has 0 aliphatic heterocycles. The number of hydrogen-bond donors (Lipinski definition) is 1. The van der Waals surface area contributed by atoms with Crippen LogP contribution in [0.25, 0.3) is 6.08 Å². The zero-order valence-corrected chi connectivity index (χ0v) is 18.2. The van der Waals surface area contributed by atoms with Gasteiger partial charge in [-0.05, 0) is 34.9 Å². The number of rotatable bonds is 9. The van der Waals surface area contributed by atoms with Crippen LogP contribution in [0.4, 0.5) is 0 Å². The third-order valence-corrected chi connectivity index (χ3v) is 4.87. The van der Waals surface area contributed by atoms with Gasteiger partial charge in [0.05, 0.1) is 6.61 Å². The number of ether oxygens (including phenoxy) is 2. The highest BCUT2D eigenvalue weighted by Gasteiger charge is 2.24. The summed E-state index contributed by atoms with van der Waals surface area (Å²) in [4.78, 5) is 25.2. The first kappa shape index (κ1) is 23.5. The first-order valence-electron chi connectivity index (χ1n) is 10.4. The molecule has 0 saturated heterocycles. The molecule has 1 amide bonds. The lowest BCUT2D eigenvalue weighted by atomic mass is 9.91. The van der Waals surface area contributed by atoms with Crippen LogP contribution in [0.1, 0.15) is 22.6 Å². The standard InChI is InChI=1S/C27H24N2O4/c1-32-17-16-29-26(30)23(19-28)18-20-12-14-24(15-13-20)33-27(31)25(21-8-4-2-5-9-21)22-10-6-3-7-11-22/h2-15,18,25H,16-17H2,1H3,(H,29,30)/b23-18+. The number of nitrogens with one attached hydrogen (secondary N) is 1. The molecule has 0 saturated carbocycles. The molecule has 6 heteroatoms. The number of nitrogens with zero attached hydrogens (tertiary/aromatic N) is 1. The van der Waals surface area contributed by atoms with Crippen molar-refractivity contribution < 1.29 is 19.1 Å². The van der Waals surface area contributed by atoms with E-state index in [1.807, 2.05) is 66.7 Å². The Hall–Kier alpha value is -4.21. The molecule has 0 aliphatic rings. The third kappa shape index (κ3) is 6.63. The molecule has 3 rings (SSSR count). The van der Waals surface area contributed by atoms with Crippen molar-refractivity contribution in [3.63, 3.8) is 0 Å². The van der Waals surface area contributed by atoms with Crippen molar-refractivity contribution in [2.75, 3.05) is 20.3 Å². The molecule has 33 heavy (non-hydrogen) atoms. The van der Waals surface area contributed by atoms with Gasteiger partial charge in [0, 0.05) is 13.7 Å². The van der Waals surface area contributed by atoms with Gasteiger partial charge in [-0.2, -0.15) is 5.26 Å². The summed E-state index contributed by atoms with van der Waals surface area (Å²) in [5.41, 5.74) is 2.29. The highest BCUT2D eigenvalue weighted by molar-refractivity contribution is 6.01. The molecule has 0 atom stereocenters. The molecular formula is C27H24N2O4. The molecule has 3 aromatic rings. The molecule has 0 bridgehead atoms. The number of amides is 1. The molecule has 0 heterocycles. The van der Waals surface area contributed by atoms with Crippen LogP contribution in [-0.4, -0.2) is 32.1 Å². The summed E-state index contributed by atoms with van der Waals surface area (Å²) in [6.07, 6.45) is 1.48. The van der Waals surface area contributed by atoms with Crippen molar-refractivity contribution in [1.82, 2.24) is 5.32 Å². The van der Waals surface area contributed by atoms with Gasteiger partial charge in [-0.15, -0.1) is 0 Å². The van der Waals surface area contributed by atoms with Gasteiger partial charge < -0.3 is 14.8 Å². The van der Waals surface area contributed by atoms with Crippen LogP contribution in [0, 0.1) is 11.3 Å². The van der Waals surface area contributed by atoms with Crippen molar-refractivity contribution in [2.24, 2.45) is 0 Å². The van der Waals surface area contributed by atoms with E-state index in [4.69, 9.17) is 9.47 Å². The highest BCUT2D eigenvalue weighted by atomic mass is 16.5. The first-order chi connectivity index (χ1) is 16.1. The molecule has 0 aliphatic carbocycles. The van der Waals surface area contributed by atoms with E-state index in [9.17, 15) is 14.9 Å². The van der Waals surface area contributed by atoms with Crippen LogP contribution < -0.4 is 10.1 Å². The van der Waals surface area contributed by atoms with Gasteiger partial charge in [0.1, 0.15) is 23.3 Å². The average Bonchev–Trinajstić information content (AvgIpc) is 2.85. The van der Waals surface area contributed by atoms with E-state index in [0.717, 1.165) is 11.1 Å². The molecule has 0 fully saturated rings. The van der Waals surface area contributed by atoms with Crippen LogP contribution in [-0.2, 0) is 14.3 Å². The Bertz CT molecular complexity index is 1090. The SMILES string of the molecule is COCCNC(=O)/C(C#N)=C/c1ccc(OC(=O)C(c2ccccc2)c2ccccc2)cc1. The van der Waals surface area contributed by atoms with E-state index in [1.165, 1.54) is 13.2 Å². The number of hydrogen-bond acceptors (Lipinski definition) is 5. The molecule has 0 aromatic heterocycles. The van der Waals surface area contributed by atoms with Crippen LogP contribution >= 0.6 is 0 Å². The number of nitriles is 1. The maximum Gasteiger partial charge on any atom is 0.323 e. The topological polar surface area (TPSA) is 88.4 Å². The number of carbonyl (C=O) groups is 2. The van der Waals surface area contributed by atoms with E-state index in [1.54, 1.807) is 24.3 Å². The Morgan fingerprint density at radius 3 is 2.03 bits per heavy atom. The molecule has 0 radical (unpaired) electrons. The van der Waals surface area contributed by atoms with Gasteiger partial charge >= 0.3 is 5.97 Å². The monoisotopic (exact) mass is 440 g/mol. The molecule has 6 nitrogen and oxygen atoms in total. The molecule has 0 unspecified atom stereocenters. The second kappa shape index (κ2) is 12.0. The van der Waals surface area contributed by atoms with Crippen LogP contribution in [0.5, 0.6) is 5.75 Å². The molecule has 3 aromatic carbocycles. The summed E-state index contributed by atoms with van der Waals surface area (Å²) in [5, 5.41) is 11.9. The fourth-order valence-corrected chi connectivity index (χ4v) is 3.24. The van der Waals surface area contributed by atoms with Gasteiger partial charge in [-0.1, -0.05) is 72.8 Å². The lowest BCUT2D eigenvalue weighted by Crippen LogP contribution is -2.27. The summed E-state index contributed by atoms with van der Waals surface area (Å²) in [6, 6.07) is 27.5. The predicted molar refractivity (Wildman–Crippen MR) is 125 cm³/mol. The molecule has 0 spiro atoms. The highest BCUT2D eigenvalue weighted by Crippen LogP contribution is 2.27. The Morgan fingerprint density at radius 1 is 0.939 bits per heavy atom. The number of methoxy groups -OCH3 is 1. The van der Waals surface area contributed by atoms with Crippen molar-refractivity contribution >= 4 is 18.0 Å². The minimum atomic E-state index is -0.562. The van der Waals surface area contributed by atoms with Gasteiger partial charge in [0.2, 0.25) is 0 Å². The fourth-order valence-electron chi connectivity index (χ4n) is 3.24. The van der Waals surface area contributed by atoms with Gasteiger partial charge in [-0.3, -0.25) is 9.59 Å². The Morgan fingerprint density at radius 2 is 1.52 bits per heavy atom. The molecule has 1 N–H and O–H groups in total. The van der Waals surface area contributed by atoms with E-state index in [2.05, 4.69) is 5.32 Å². The fraction of sp³-hybridized carbons (Fsp3) is 0.148. The van der Waals surface area contributed by atoms with E-state index >= 15 is 0 Å². The maximum absolute atomic E-state index is 13.1. The lowest BCUT2D eigenvalue weighted by Gasteiger charge is -2.17.